The van der Waals surface area contributed by atoms with E-state index >= 15 is 0 Å². The summed E-state index contributed by atoms with van der Waals surface area (Å²) < 4.78 is 45.0. The van der Waals surface area contributed by atoms with Gasteiger partial charge in [0.1, 0.15) is 0 Å². The van der Waals surface area contributed by atoms with Gasteiger partial charge in [-0.2, -0.15) is 0 Å². The molecule has 112 valence electrons. The van der Waals surface area contributed by atoms with E-state index < -0.39 is 15.8 Å². The monoisotopic (exact) mass is 311 g/mol. The van der Waals surface area contributed by atoms with Gasteiger partial charge in [0.25, 0.3) is 0 Å². The zero-order valence-electron chi connectivity index (χ0n) is 11.2. The molecule has 1 aromatic heterocycles. The smallest absolute Gasteiger partial charge is 0.241 e. The van der Waals surface area contributed by atoms with Crippen molar-refractivity contribution in [3.8, 4) is 5.75 Å². The largest absolute Gasteiger partial charge is 0.492 e. The number of hydrogen-bond donors (Lipinski definition) is 2. The van der Waals surface area contributed by atoms with E-state index in [4.69, 9.17) is 10.5 Å². The van der Waals surface area contributed by atoms with Crippen molar-refractivity contribution >= 4 is 15.7 Å². The molecule has 1 aromatic carbocycles. The number of nitrogen functional groups attached to an aromatic ring is 1. The quantitative estimate of drug-likeness (QED) is 0.811. The van der Waals surface area contributed by atoms with Crippen molar-refractivity contribution in [3.63, 3.8) is 0 Å². The molecule has 2 rings (SSSR count). The highest BCUT2D eigenvalue weighted by atomic mass is 32.2. The number of nitrogens with zero attached hydrogens (tertiary/aromatic N) is 1. The predicted octanol–water partition coefficient (Wildman–Crippen LogP) is 1.29. The molecule has 0 aliphatic heterocycles. The van der Waals surface area contributed by atoms with Crippen LogP contribution in [0.4, 0.5) is 10.1 Å². The van der Waals surface area contributed by atoms with E-state index in [1.165, 1.54) is 7.11 Å². The molecule has 0 atom stereocenters. The number of benzene rings is 1. The Morgan fingerprint density at radius 2 is 2.14 bits per heavy atom. The van der Waals surface area contributed by atoms with E-state index in [9.17, 15) is 12.8 Å². The topological polar surface area (TPSA) is 94.3 Å². The first-order valence-corrected chi connectivity index (χ1v) is 7.45. The van der Waals surface area contributed by atoms with Gasteiger partial charge in [-0.25, -0.2) is 17.5 Å². The summed E-state index contributed by atoms with van der Waals surface area (Å²) in [5, 5.41) is 0. The minimum absolute atomic E-state index is 0.00325. The Balaban J connectivity index is 2.24. The minimum Gasteiger partial charge on any atom is -0.492 e. The second-order valence-corrected chi connectivity index (χ2v) is 5.94. The lowest BCUT2D eigenvalue weighted by molar-refractivity contribution is 0.388. The molecule has 1 heterocycles. The van der Waals surface area contributed by atoms with Crippen molar-refractivity contribution in [2.45, 2.75) is 11.4 Å². The Morgan fingerprint density at radius 1 is 1.38 bits per heavy atom. The molecule has 0 bridgehead atoms. The van der Waals surface area contributed by atoms with Crippen molar-refractivity contribution < 1.29 is 17.5 Å². The maximum absolute atomic E-state index is 13.7. The van der Waals surface area contributed by atoms with Gasteiger partial charge in [0.05, 0.1) is 29.9 Å². The van der Waals surface area contributed by atoms with Crippen molar-refractivity contribution in [1.82, 2.24) is 9.71 Å². The number of aromatic nitrogens is 1. The molecule has 0 saturated carbocycles. The van der Waals surface area contributed by atoms with Gasteiger partial charge in [0.15, 0.2) is 11.6 Å². The summed E-state index contributed by atoms with van der Waals surface area (Å²) in [4.78, 5) is 3.72. The Bertz CT molecular complexity index is 713. The van der Waals surface area contributed by atoms with E-state index in [1.54, 1.807) is 24.4 Å². The SMILES string of the molecule is COc1c(N)cc(S(=O)(=O)NCc2ccccn2)cc1F. The summed E-state index contributed by atoms with van der Waals surface area (Å²) in [6.07, 6.45) is 1.55. The van der Waals surface area contributed by atoms with Crippen LogP contribution in [0.5, 0.6) is 5.75 Å². The van der Waals surface area contributed by atoms with Crippen LogP contribution in [-0.4, -0.2) is 20.5 Å². The van der Waals surface area contributed by atoms with Gasteiger partial charge in [-0.05, 0) is 24.3 Å². The third-order valence-corrected chi connectivity index (χ3v) is 4.11. The molecule has 0 aliphatic carbocycles. The van der Waals surface area contributed by atoms with Crippen molar-refractivity contribution in [2.24, 2.45) is 0 Å². The Kier molecular flexibility index (Phi) is 4.39. The summed E-state index contributed by atoms with van der Waals surface area (Å²) in [5.74, 6) is -1.02. The fourth-order valence-electron chi connectivity index (χ4n) is 1.71. The van der Waals surface area contributed by atoms with Gasteiger partial charge in [-0.3, -0.25) is 4.98 Å². The summed E-state index contributed by atoms with van der Waals surface area (Å²) in [5.41, 5.74) is 6.02. The number of sulfonamides is 1. The van der Waals surface area contributed by atoms with Crippen LogP contribution in [-0.2, 0) is 16.6 Å². The van der Waals surface area contributed by atoms with Crippen LogP contribution in [0.2, 0.25) is 0 Å². The number of halogens is 1. The number of anilines is 1. The number of pyridine rings is 1. The highest BCUT2D eigenvalue weighted by molar-refractivity contribution is 7.89. The van der Waals surface area contributed by atoms with Crippen LogP contribution in [0.1, 0.15) is 5.69 Å². The van der Waals surface area contributed by atoms with Crippen LogP contribution in [0, 0.1) is 5.82 Å². The molecular weight excluding hydrogens is 297 g/mol. The summed E-state index contributed by atoms with van der Waals surface area (Å²) in [6, 6.07) is 7.13. The van der Waals surface area contributed by atoms with E-state index in [2.05, 4.69) is 9.71 Å². The van der Waals surface area contributed by atoms with E-state index in [0.29, 0.717) is 5.69 Å². The van der Waals surface area contributed by atoms with Crippen molar-refractivity contribution in [1.29, 1.82) is 0 Å². The predicted molar refractivity (Wildman–Crippen MR) is 75.6 cm³/mol. The zero-order valence-corrected chi connectivity index (χ0v) is 12.0. The van der Waals surface area contributed by atoms with Crippen LogP contribution in [0.25, 0.3) is 0 Å². The maximum Gasteiger partial charge on any atom is 0.241 e. The highest BCUT2D eigenvalue weighted by Gasteiger charge is 2.19. The molecule has 0 aliphatic rings. The van der Waals surface area contributed by atoms with Crippen LogP contribution in [0.15, 0.2) is 41.4 Å². The number of nitrogens with two attached hydrogens (primary N) is 1. The second-order valence-electron chi connectivity index (χ2n) is 4.17. The lowest BCUT2D eigenvalue weighted by Crippen LogP contribution is -2.24. The van der Waals surface area contributed by atoms with Gasteiger partial charge in [-0.15, -0.1) is 0 Å². The first-order valence-electron chi connectivity index (χ1n) is 5.96. The summed E-state index contributed by atoms with van der Waals surface area (Å²) in [7, 11) is -2.64. The molecule has 6 nitrogen and oxygen atoms in total. The number of hydrogen-bond acceptors (Lipinski definition) is 5. The first kappa shape index (κ1) is 15.2. The molecule has 0 radical (unpaired) electrons. The number of ether oxygens (including phenoxy) is 1. The van der Waals surface area contributed by atoms with E-state index in [-0.39, 0.29) is 22.9 Å². The molecule has 0 unspecified atom stereocenters. The number of nitrogens with one attached hydrogen (secondary N) is 1. The molecule has 0 spiro atoms. The molecule has 3 N–H and O–H groups in total. The summed E-state index contributed by atoms with van der Waals surface area (Å²) >= 11 is 0. The molecule has 0 amide bonds. The lowest BCUT2D eigenvalue weighted by Gasteiger charge is -2.10. The molecule has 2 aromatic rings. The van der Waals surface area contributed by atoms with Gasteiger partial charge in [0.2, 0.25) is 10.0 Å². The van der Waals surface area contributed by atoms with Gasteiger partial charge >= 0.3 is 0 Å². The van der Waals surface area contributed by atoms with E-state index in [1.807, 2.05) is 0 Å². The van der Waals surface area contributed by atoms with Crippen LogP contribution in [0.3, 0.4) is 0 Å². The lowest BCUT2D eigenvalue weighted by atomic mass is 10.3. The second kappa shape index (κ2) is 6.06. The van der Waals surface area contributed by atoms with E-state index in [0.717, 1.165) is 12.1 Å². The fourth-order valence-corrected chi connectivity index (χ4v) is 2.76. The maximum atomic E-state index is 13.7. The molecular formula is C13H14FN3O3S. The molecule has 0 fully saturated rings. The first-order chi connectivity index (χ1) is 9.94. The highest BCUT2D eigenvalue weighted by Crippen LogP contribution is 2.28. The Morgan fingerprint density at radius 3 is 2.71 bits per heavy atom. The van der Waals surface area contributed by atoms with Gasteiger partial charge < -0.3 is 10.5 Å². The zero-order chi connectivity index (χ0) is 15.5. The van der Waals surface area contributed by atoms with Crippen molar-refractivity contribution in [3.05, 3.63) is 48.0 Å². The number of rotatable bonds is 5. The third kappa shape index (κ3) is 3.47. The number of methoxy groups -OCH3 is 1. The summed E-state index contributed by atoms with van der Waals surface area (Å²) in [6.45, 7) is -0.00325. The minimum atomic E-state index is -3.89. The molecule has 0 saturated heterocycles. The van der Waals surface area contributed by atoms with Gasteiger partial charge in [0, 0.05) is 6.20 Å². The van der Waals surface area contributed by atoms with Crippen LogP contribution >= 0.6 is 0 Å². The van der Waals surface area contributed by atoms with Crippen molar-refractivity contribution in [2.75, 3.05) is 12.8 Å². The third-order valence-electron chi connectivity index (χ3n) is 2.73. The standard InChI is InChI=1S/C13H14FN3O3S/c1-20-13-11(14)6-10(7-12(13)15)21(18,19)17-8-9-4-2-3-5-16-9/h2-7,17H,8,15H2,1H3. The average Bonchev–Trinajstić information content (AvgIpc) is 2.46. The van der Waals surface area contributed by atoms with Crippen LogP contribution < -0.4 is 15.2 Å². The fraction of sp³-hybridized carbons (Fsp3) is 0.154. The Hall–Kier alpha value is -2.19. The Labute approximate surface area is 121 Å². The van der Waals surface area contributed by atoms with Gasteiger partial charge in [-0.1, -0.05) is 6.07 Å². The average molecular weight is 311 g/mol. The molecule has 8 heteroatoms. The molecule has 21 heavy (non-hydrogen) atoms. The normalized spacial score (nSPS) is 11.3.